The largest absolute Gasteiger partial charge is 0.481 e. The number of carboxylic acid groups (broad SMARTS) is 1. The highest BCUT2D eigenvalue weighted by atomic mass is 32.2. The zero-order chi connectivity index (χ0) is 8.97. The van der Waals surface area contributed by atoms with E-state index in [0.717, 1.165) is 11.0 Å². The molecule has 2 atom stereocenters. The molecule has 70 valence electrons. The van der Waals surface area contributed by atoms with Crippen molar-refractivity contribution in [3.8, 4) is 0 Å². The zero-order valence-corrected chi connectivity index (χ0v) is 8.06. The third-order valence-electron chi connectivity index (χ3n) is 1.97. The van der Waals surface area contributed by atoms with Gasteiger partial charge in [-0.2, -0.15) is 11.8 Å². The molecule has 4 heteroatoms. The van der Waals surface area contributed by atoms with Crippen LogP contribution >= 0.6 is 11.8 Å². The Morgan fingerprint density at radius 3 is 3.00 bits per heavy atom. The third-order valence-corrected chi connectivity index (χ3v) is 3.33. The summed E-state index contributed by atoms with van der Waals surface area (Å²) in [6, 6.07) is 0.532. The fraction of sp³-hybridized carbons (Fsp3) is 0.875. The predicted octanol–water partition coefficient (Wildman–Crippen LogP) is 0.945. The van der Waals surface area contributed by atoms with Crippen LogP contribution in [0.2, 0.25) is 0 Å². The number of carboxylic acids is 1. The maximum absolute atomic E-state index is 10.2. The average molecular weight is 189 g/mol. The molecule has 1 heterocycles. The Morgan fingerprint density at radius 1 is 1.75 bits per heavy atom. The second-order valence-corrected chi connectivity index (χ2v) is 4.65. The monoisotopic (exact) mass is 189 g/mol. The van der Waals surface area contributed by atoms with Crippen molar-refractivity contribution in [1.82, 2.24) is 5.32 Å². The molecule has 2 unspecified atom stereocenters. The van der Waals surface area contributed by atoms with Gasteiger partial charge in [-0.3, -0.25) is 4.79 Å². The molecular weight excluding hydrogens is 174 g/mol. The Kier molecular flexibility index (Phi) is 3.88. The lowest BCUT2D eigenvalue weighted by Crippen LogP contribution is -2.30. The molecule has 0 amide bonds. The minimum atomic E-state index is -0.721. The first-order chi connectivity index (χ1) is 5.68. The molecule has 0 aromatic carbocycles. The number of nitrogens with one attached hydrogen (secondary N) is 1. The van der Waals surface area contributed by atoms with Gasteiger partial charge < -0.3 is 10.4 Å². The molecule has 12 heavy (non-hydrogen) atoms. The van der Waals surface area contributed by atoms with E-state index in [-0.39, 0.29) is 6.42 Å². The Labute approximate surface area is 76.9 Å². The molecule has 0 aliphatic carbocycles. The predicted molar refractivity (Wildman–Crippen MR) is 50.6 cm³/mol. The fourth-order valence-electron chi connectivity index (χ4n) is 1.34. The van der Waals surface area contributed by atoms with Gasteiger partial charge in [0.2, 0.25) is 0 Å². The topological polar surface area (TPSA) is 49.3 Å². The summed E-state index contributed by atoms with van der Waals surface area (Å²) in [6.07, 6.45) is 1.40. The summed E-state index contributed by atoms with van der Waals surface area (Å²) in [4.78, 5) is 10.2. The van der Waals surface area contributed by atoms with E-state index in [1.54, 1.807) is 0 Å². The van der Waals surface area contributed by atoms with Crippen molar-refractivity contribution in [2.45, 2.75) is 31.1 Å². The van der Waals surface area contributed by atoms with Crippen LogP contribution in [0.5, 0.6) is 0 Å². The first-order valence-corrected chi connectivity index (χ1v) is 5.30. The summed E-state index contributed by atoms with van der Waals surface area (Å²) >= 11 is 1.95. The Balaban J connectivity index is 2.04. The highest BCUT2D eigenvalue weighted by molar-refractivity contribution is 8.00. The van der Waals surface area contributed by atoms with Crippen LogP contribution in [0, 0.1) is 0 Å². The van der Waals surface area contributed by atoms with E-state index in [0.29, 0.717) is 12.6 Å². The summed E-state index contributed by atoms with van der Waals surface area (Å²) in [7, 11) is 0. The van der Waals surface area contributed by atoms with Gasteiger partial charge in [0, 0.05) is 23.6 Å². The SMILES string of the molecule is CC1CC(NCCC(=O)O)CS1. The van der Waals surface area contributed by atoms with Gasteiger partial charge in [-0.05, 0) is 6.42 Å². The first-order valence-electron chi connectivity index (χ1n) is 4.25. The summed E-state index contributed by atoms with van der Waals surface area (Å²) in [5, 5.41) is 12.4. The smallest absolute Gasteiger partial charge is 0.304 e. The molecule has 0 saturated carbocycles. The molecule has 0 bridgehead atoms. The van der Waals surface area contributed by atoms with Crippen molar-refractivity contribution >= 4 is 17.7 Å². The molecule has 0 radical (unpaired) electrons. The lowest BCUT2D eigenvalue weighted by molar-refractivity contribution is -0.136. The van der Waals surface area contributed by atoms with E-state index in [1.165, 1.54) is 6.42 Å². The molecule has 1 aliphatic heterocycles. The van der Waals surface area contributed by atoms with Crippen molar-refractivity contribution in [1.29, 1.82) is 0 Å². The molecule has 1 saturated heterocycles. The Morgan fingerprint density at radius 2 is 2.50 bits per heavy atom. The molecular formula is C8H15NO2S. The zero-order valence-electron chi connectivity index (χ0n) is 7.25. The summed E-state index contributed by atoms with van der Waals surface area (Å²) in [5.41, 5.74) is 0. The maximum atomic E-state index is 10.2. The third kappa shape index (κ3) is 3.45. The molecule has 0 aromatic heterocycles. The standard InChI is InChI=1S/C8H15NO2S/c1-6-4-7(5-12-6)9-3-2-8(10)11/h6-7,9H,2-5H2,1H3,(H,10,11). The van der Waals surface area contributed by atoms with E-state index in [9.17, 15) is 4.79 Å². The van der Waals surface area contributed by atoms with Crippen LogP contribution in [-0.4, -0.2) is 34.7 Å². The van der Waals surface area contributed by atoms with Crippen molar-refractivity contribution in [3.05, 3.63) is 0 Å². The Hall–Kier alpha value is -0.220. The van der Waals surface area contributed by atoms with E-state index < -0.39 is 5.97 Å². The van der Waals surface area contributed by atoms with Crippen molar-refractivity contribution < 1.29 is 9.90 Å². The average Bonchev–Trinajstić information content (AvgIpc) is 2.35. The van der Waals surface area contributed by atoms with Crippen LogP contribution in [-0.2, 0) is 4.79 Å². The number of aliphatic carboxylic acids is 1. The van der Waals surface area contributed by atoms with Crippen molar-refractivity contribution in [2.24, 2.45) is 0 Å². The highest BCUT2D eigenvalue weighted by Crippen LogP contribution is 2.25. The van der Waals surface area contributed by atoms with E-state index in [2.05, 4.69) is 12.2 Å². The number of thioether (sulfide) groups is 1. The van der Waals surface area contributed by atoms with Crippen molar-refractivity contribution in [2.75, 3.05) is 12.3 Å². The van der Waals surface area contributed by atoms with Gasteiger partial charge in [-0.15, -0.1) is 0 Å². The quantitative estimate of drug-likeness (QED) is 0.691. The van der Waals surface area contributed by atoms with Gasteiger partial charge in [0.25, 0.3) is 0 Å². The van der Waals surface area contributed by atoms with Gasteiger partial charge in [0.05, 0.1) is 6.42 Å². The van der Waals surface area contributed by atoms with Gasteiger partial charge in [-0.25, -0.2) is 0 Å². The van der Waals surface area contributed by atoms with Crippen LogP contribution in [0.1, 0.15) is 19.8 Å². The van der Waals surface area contributed by atoms with Gasteiger partial charge >= 0.3 is 5.97 Å². The van der Waals surface area contributed by atoms with Gasteiger partial charge in [0.1, 0.15) is 0 Å². The highest BCUT2D eigenvalue weighted by Gasteiger charge is 2.20. The minimum Gasteiger partial charge on any atom is -0.481 e. The molecule has 1 fully saturated rings. The van der Waals surface area contributed by atoms with Crippen LogP contribution in [0.3, 0.4) is 0 Å². The molecule has 0 aromatic rings. The van der Waals surface area contributed by atoms with E-state index in [1.807, 2.05) is 11.8 Å². The van der Waals surface area contributed by atoms with E-state index in [4.69, 9.17) is 5.11 Å². The number of hydrogen-bond acceptors (Lipinski definition) is 3. The second kappa shape index (κ2) is 4.72. The first kappa shape index (κ1) is 9.86. The van der Waals surface area contributed by atoms with Gasteiger partial charge in [-0.1, -0.05) is 6.92 Å². The second-order valence-electron chi connectivity index (χ2n) is 3.17. The number of rotatable bonds is 4. The van der Waals surface area contributed by atoms with E-state index >= 15 is 0 Å². The lowest BCUT2D eigenvalue weighted by Gasteiger charge is -2.09. The van der Waals surface area contributed by atoms with Crippen molar-refractivity contribution in [3.63, 3.8) is 0 Å². The summed E-state index contributed by atoms with van der Waals surface area (Å²) < 4.78 is 0. The molecule has 0 spiro atoms. The molecule has 2 N–H and O–H groups in total. The van der Waals surface area contributed by atoms with Crippen LogP contribution in [0.25, 0.3) is 0 Å². The minimum absolute atomic E-state index is 0.232. The van der Waals surface area contributed by atoms with Crippen LogP contribution in [0.15, 0.2) is 0 Å². The van der Waals surface area contributed by atoms with Crippen LogP contribution in [0.4, 0.5) is 0 Å². The number of carbonyl (C=O) groups is 1. The normalized spacial score (nSPS) is 29.1. The van der Waals surface area contributed by atoms with Gasteiger partial charge in [0.15, 0.2) is 0 Å². The summed E-state index contributed by atoms with van der Waals surface area (Å²) in [5.74, 6) is 0.405. The summed E-state index contributed by atoms with van der Waals surface area (Å²) in [6.45, 7) is 2.82. The number of hydrogen-bond donors (Lipinski definition) is 2. The fourth-order valence-corrected chi connectivity index (χ4v) is 2.53. The molecule has 1 aliphatic rings. The lowest BCUT2D eigenvalue weighted by atomic mass is 10.2. The Bertz CT molecular complexity index is 163. The molecule has 3 nitrogen and oxygen atoms in total. The maximum Gasteiger partial charge on any atom is 0.304 e. The van der Waals surface area contributed by atoms with Crippen LogP contribution < -0.4 is 5.32 Å². The molecule has 1 rings (SSSR count).